The van der Waals surface area contributed by atoms with Crippen LogP contribution < -0.4 is 0 Å². The first kappa shape index (κ1) is 13.0. The normalized spacial score (nSPS) is 10.7. The summed E-state index contributed by atoms with van der Waals surface area (Å²) >= 11 is 6.19. The average molecular weight is 261 g/mol. The van der Waals surface area contributed by atoms with E-state index in [-0.39, 0.29) is 0 Å². The molecule has 2 nitrogen and oxygen atoms in total. The van der Waals surface area contributed by atoms with Crippen molar-refractivity contribution in [3.63, 3.8) is 0 Å². The van der Waals surface area contributed by atoms with Crippen molar-refractivity contribution in [1.82, 2.24) is 9.97 Å². The molecule has 2 aromatic rings. The van der Waals surface area contributed by atoms with Crippen LogP contribution >= 0.6 is 11.6 Å². The summed E-state index contributed by atoms with van der Waals surface area (Å²) < 4.78 is 0. The van der Waals surface area contributed by atoms with Gasteiger partial charge < -0.3 is 0 Å². The smallest absolute Gasteiger partial charge is 0.136 e. The Morgan fingerprint density at radius 1 is 1.06 bits per heavy atom. The van der Waals surface area contributed by atoms with E-state index in [0.717, 1.165) is 29.1 Å². The van der Waals surface area contributed by atoms with Gasteiger partial charge in [-0.2, -0.15) is 0 Å². The van der Waals surface area contributed by atoms with Crippen LogP contribution in [0.25, 0.3) is 11.3 Å². The van der Waals surface area contributed by atoms with Crippen molar-refractivity contribution in [2.75, 3.05) is 0 Å². The highest BCUT2D eigenvalue weighted by Crippen LogP contribution is 2.29. The molecule has 0 fully saturated rings. The fourth-order valence-corrected chi connectivity index (χ4v) is 2.15. The van der Waals surface area contributed by atoms with E-state index < -0.39 is 0 Å². The van der Waals surface area contributed by atoms with Crippen molar-refractivity contribution in [3.05, 3.63) is 45.9 Å². The Bertz CT molecular complexity index is 591. The summed E-state index contributed by atoms with van der Waals surface area (Å²) in [6.07, 6.45) is 0.790. The Labute approximate surface area is 113 Å². The maximum atomic E-state index is 6.19. The molecule has 1 heterocycles. The SMILES string of the molecule is CCc1nc(Cl)c(C)c(-c2cccc(C)c2C)n1. The molecule has 0 saturated carbocycles. The molecule has 1 aromatic heterocycles. The first-order chi connectivity index (χ1) is 8.54. The zero-order valence-electron chi connectivity index (χ0n) is 11.2. The van der Waals surface area contributed by atoms with Crippen molar-refractivity contribution in [3.8, 4) is 11.3 Å². The molecule has 0 atom stereocenters. The summed E-state index contributed by atoms with van der Waals surface area (Å²) in [5, 5.41) is 0.553. The van der Waals surface area contributed by atoms with Crippen LogP contribution in [-0.4, -0.2) is 9.97 Å². The largest absolute Gasteiger partial charge is 0.233 e. The van der Waals surface area contributed by atoms with Crippen LogP contribution in [0.15, 0.2) is 18.2 Å². The second-order valence-corrected chi connectivity index (χ2v) is 4.86. The van der Waals surface area contributed by atoms with Gasteiger partial charge in [0, 0.05) is 17.5 Å². The van der Waals surface area contributed by atoms with Crippen molar-refractivity contribution in [1.29, 1.82) is 0 Å². The Hall–Kier alpha value is -1.41. The van der Waals surface area contributed by atoms with Gasteiger partial charge in [-0.1, -0.05) is 36.7 Å². The van der Waals surface area contributed by atoms with E-state index in [1.54, 1.807) is 0 Å². The van der Waals surface area contributed by atoms with Crippen molar-refractivity contribution in [2.45, 2.75) is 34.1 Å². The molecule has 0 amide bonds. The van der Waals surface area contributed by atoms with E-state index in [0.29, 0.717) is 5.15 Å². The third-order valence-corrected chi connectivity index (χ3v) is 3.68. The Morgan fingerprint density at radius 2 is 1.78 bits per heavy atom. The molecule has 0 bridgehead atoms. The quantitative estimate of drug-likeness (QED) is 0.753. The maximum absolute atomic E-state index is 6.19. The van der Waals surface area contributed by atoms with Crippen molar-refractivity contribution in [2.24, 2.45) is 0 Å². The number of hydrogen-bond acceptors (Lipinski definition) is 2. The topological polar surface area (TPSA) is 25.8 Å². The molecule has 0 unspecified atom stereocenters. The first-order valence-electron chi connectivity index (χ1n) is 6.14. The van der Waals surface area contributed by atoms with Gasteiger partial charge in [0.25, 0.3) is 0 Å². The Kier molecular flexibility index (Phi) is 3.67. The van der Waals surface area contributed by atoms with Crippen molar-refractivity contribution < 1.29 is 0 Å². The third kappa shape index (κ3) is 2.25. The molecule has 0 aliphatic carbocycles. The first-order valence-corrected chi connectivity index (χ1v) is 6.52. The lowest BCUT2D eigenvalue weighted by molar-refractivity contribution is 0.933. The predicted octanol–water partition coefficient (Wildman–Crippen LogP) is 4.28. The minimum Gasteiger partial charge on any atom is -0.233 e. The fourth-order valence-electron chi connectivity index (χ4n) is 1.96. The standard InChI is InChI=1S/C15H17ClN2/c1-5-13-17-14(11(4)15(16)18-13)12-8-6-7-9(2)10(12)3/h6-8H,5H2,1-4H3. The Morgan fingerprint density at radius 3 is 2.44 bits per heavy atom. The number of hydrogen-bond donors (Lipinski definition) is 0. The summed E-state index contributed by atoms with van der Waals surface area (Å²) in [5.74, 6) is 0.793. The van der Waals surface area contributed by atoms with Crippen LogP contribution in [0.5, 0.6) is 0 Å². The second kappa shape index (κ2) is 5.07. The van der Waals surface area contributed by atoms with Gasteiger partial charge in [-0.15, -0.1) is 0 Å². The number of nitrogens with zero attached hydrogens (tertiary/aromatic N) is 2. The van der Waals surface area contributed by atoms with E-state index in [9.17, 15) is 0 Å². The lowest BCUT2D eigenvalue weighted by Gasteiger charge is -2.12. The average Bonchev–Trinajstić information content (AvgIpc) is 2.36. The van der Waals surface area contributed by atoms with E-state index in [4.69, 9.17) is 11.6 Å². The van der Waals surface area contributed by atoms with Gasteiger partial charge in [-0.05, 0) is 31.9 Å². The van der Waals surface area contributed by atoms with Gasteiger partial charge >= 0.3 is 0 Å². The summed E-state index contributed by atoms with van der Waals surface area (Å²) in [7, 11) is 0. The summed E-state index contributed by atoms with van der Waals surface area (Å²) in [5.41, 5.74) is 5.55. The summed E-state index contributed by atoms with van der Waals surface area (Å²) in [6, 6.07) is 6.25. The molecule has 18 heavy (non-hydrogen) atoms. The van der Waals surface area contributed by atoms with E-state index in [1.807, 2.05) is 13.8 Å². The van der Waals surface area contributed by atoms with Gasteiger partial charge in [-0.25, -0.2) is 9.97 Å². The molecule has 3 heteroatoms. The van der Waals surface area contributed by atoms with Crippen LogP contribution in [0.4, 0.5) is 0 Å². The van der Waals surface area contributed by atoms with Gasteiger partial charge in [0.2, 0.25) is 0 Å². The minimum absolute atomic E-state index is 0.553. The van der Waals surface area contributed by atoms with Crippen LogP contribution in [0, 0.1) is 20.8 Å². The molecule has 0 spiro atoms. The highest BCUT2D eigenvalue weighted by atomic mass is 35.5. The zero-order chi connectivity index (χ0) is 13.3. The lowest BCUT2D eigenvalue weighted by atomic mass is 9.99. The third-order valence-electron chi connectivity index (χ3n) is 3.31. The van der Waals surface area contributed by atoms with E-state index in [1.165, 1.54) is 11.1 Å². The number of halogens is 1. The van der Waals surface area contributed by atoms with E-state index >= 15 is 0 Å². The monoisotopic (exact) mass is 260 g/mol. The second-order valence-electron chi connectivity index (χ2n) is 4.51. The maximum Gasteiger partial charge on any atom is 0.136 e. The fraction of sp³-hybridized carbons (Fsp3) is 0.333. The van der Waals surface area contributed by atoms with E-state index in [2.05, 4.69) is 42.0 Å². The lowest BCUT2D eigenvalue weighted by Crippen LogP contribution is -2.01. The number of aromatic nitrogens is 2. The predicted molar refractivity (Wildman–Crippen MR) is 76.1 cm³/mol. The van der Waals surface area contributed by atoms with Gasteiger partial charge in [0.15, 0.2) is 0 Å². The highest BCUT2D eigenvalue weighted by molar-refractivity contribution is 6.30. The number of benzene rings is 1. The Balaban J connectivity index is 2.70. The van der Waals surface area contributed by atoms with Crippen LogP contribution in [0.2, 0.25) is 5.15 Å². The minimum atomic E-state index is 0.553. The molecule has 0 N–H and O–H groups in total. The van der Waals surface area contributed by atoms with Gasteiger partial charge in [0.1, 0.15) is 11.0 Å². The van der Waals surface area contributed by atoms with Gasteiger partial charge in [0.05, 0.1) is 5.69 Å². The van der Waals surface area contributed by atoms with Crippen LogP contribution in [-0.2, 0) is 6.42 Å². The number of rotatable bonds is 2. The molecule has 0 aliphatic heterocycles. The molecule has 2 rings (SSSR count). The molecular weight excluding hydrogens is 244 g/mol. The summed E-state index contributed by atoms with van der Waals surface area (Å²) in [6.45, 7) is 8.23. The number of aryl methyl sites for hydroxylation is 2. The zero-order valence-corrected chi connectivity index (χ0v) is 12.0. The van der Waals surface area contributed by atoms with Crippen LogP contribution in [0.1, 0.15) is 29.4 Å². The van der Waals surface area contributed by atoms with Crippen molar-refractivity contribution >= 4 is 11.6 Å². The molecule has 0 radical (unpaired) electrons. The molecule has 1 aromatic carbocycles. The summed E-state index contributed by atoms with van der Waals surface area (Å²) in [4.78, 5) is 8.91. The molecular formula is C15H17ClN2. The molecule has 0 aliphatic rings. The van der Waals surface area contributed by atoms with Gasteiger partial charge in [-0.3, -0.25) is 0 Å². The highest BCUT2D eigenvalue weighted by Gasteiger charge is 2.13. The van der Waals surface area contributed by atoms with Crippen LogP contribution in [0.3, 0.4) is 0 Å². The molecule has 0 saturated heterocycles. The molecule has 94 valence electrons.